The lowest BCUT2D eigenvalue weighted by molar-refractivity contribution is 0.102. The summed E-state index contributed by atoms with van der Waals surface area (Å²) in [6, 6.07) is 11.3. The topological polar surface area (TPSA) is 148 Å². The molecule has 4 rings (SSSR count). The molecule has 1 aliphatic heterocycles. The molecule has 37 heavy (non-hydrogen) atoms. The van der Waals surface area contributed by atoms with Crippen LogP contribution in [0.25, 0.3) is 0 Å². The van der Waals surface area contributed by atoms with Crippen LogP contribution in [0.4, 0.5) is 11.6 Å². The maximum atomic E-state index is 13.1. The Morgan fingerprint density at radius 2 is 1.62 bits per heavy atom. The molecule has 1 fully saturated rings. The number of ether oxygens (including phenoxy) is 1. The first kappa shape index (κ1) is 26.5. The van der Waals surface area contributed by atoms with E-state index in [0.717, 1.165) is 19.3 Å². The largest absolute Gasteiger partial charge is 0.496 e. The first-order chi connectivity index (χ1) is 17.6. The average Bonchev–Trinajstić information content (AvgIpc) is 2.89. The number of hydrogen-bond acceptors (Lipinski definition) is 8. The molecule has 1 saturated heterocycles. The third-order valence-electron chi connectivity index (χ3n) is 5.81. The van der Waals surface area contributed by atoms with Crippen LogP contribution in [-0.2, 0) is 20.0 Å². The number of rotatable bonds is 8. The van der Waals surface area contributed by atoms with E-state index >= 15 is 0 Å². The Balaban J connectivity index is 1.53. The van der Waals surface area contributed by atoms with Crippen molar-refractivity contribution in [3.05, 3.63) is 66.0 Å². The maximum Gasteiger partial charge on any atom is 0.264 e. The van der Waals surface area contributed by atoms with Gasteiger partial charge in [0.25, 0.3) is 15.9 Å². The van der Waals surface area contributed by atoms with Crippen molar-refractivity contribution in [2.75, 3.05) is 30.2 Å². The van der Waals surface area contributed by atoms with E-state index in [1.165, 1.54) is 60.1 Å². The molecule has 3 aromatic rings. The summed E-state index contributed by atoms with van der Waals surface area (Å²) in [6.45, 7) is 2.59. The first-order valence-corrected chi connectivity index (χ1v) is 14.4. The Labute approximate surface area is 216 Å². The molecule has 0 radical (unpaired) electrons. The highest BCUT2D eigenvalue weighted by molar-refractivity contribution is 7.92. The number of aromatic nitrogens is 2. The number of aryl methyl sites for hydroxylation is 1. The number of methoxy groups -OCH3 is 1. The Kier molecular flexibility index (Phi) is 7.76. The smallest absolute Gasteiger partial charge is 0.264 e. The van der Waals surface area contributed by atoms with Crippen LogP contribution in [0.2, 0.25) is 0 Å². The summed E-state index contributed by atoms with van der Waals surface area (Å²) in [5, 5.41) is 2.66. The molecule has 0 atom stereocenters. The van der Waals surface area contributed by atoms with Gasteiger partial charge >= 0.3 is 0 Å². The molecule has 13 heteroatoms. The minimum atomic E-state index is -3.95. The van der Waals surface area contributed by atoms with E-state index < -0.39 is 26.0 Å². The van der Waals surface area contributed by atoms with Crippen LogP contribution >= 0.6 is 0 Å². The molecule has 0 unspecified atom stereocenters. The third-order valence-corrected chi connectivity index (χ3v) is 9.05. The molecule has 2 heterocycles. The van der Waals surface area contributed by atoms with Crippen LogP contribution in [0.15, 0.2) is 64.5 Å². The number of amides is 1. The van der Waals surface area contributed by atoms with E-state index in [4.69, 9.17) is 4.74 Å². The molecule has 0 spiro atoms. The zero-order valence-corrected chi connectivity index (χ0v) is 22.0. The van der Waals surface area contributed by atoms with Crippen LogP contribution in [0.1, 0.15) is 35.3 Å². The molecule has 1 aromatic heterocycles. The van der Waals surface area contributed by atoms with Crippen molar-refractivity contribution >= 4 is 37.6 Å². The first-order valence-electron chi connectivity index (χ1n) is 11.5. The standard InChI is InChI=1S/C24H27N5O6S2/c1-17-12-13-25-24(26-17)28-36(31,32)19-8-6-18(7-9-19)27-23(30)21-16-20(10-11-22(21)35-2)37(33,34)29-14-4-3-5-15-29/h6-13,16H,3-5,14-15H2,1-2H3,(H,27,30)(H,25,26,28). The molecule has 196 valence electrons. The number of piperidine rings is 1. The van der Waals surface area contributed by atoms with Gasteiger partial charge in [0.15, 0.2) is 0 Å². The lowest BCUT2D eigenvalue weighted by Crippen LogP contribution is -2.35. The molecule has 1 amide bonds. The van der Waals surface area contributed by atoms with Gasteiger partial charge in [-0.15, -0.1) is 0 Å². The molecule has 11 nitrogen and oxygen atoms in total. The lowest BCUT2D eigenvalue weighted by Gasteiger charge is -2.26. The molecule has 2 N–H and O–H groups in total. The summed E-state index contributed by atoms with van der Waals surface area (Å²) < 4.78 is 60.5. The molecular formula is C24H27N5O6S2. The summed E-state index contributed by atoms with van der Waals surface area (Å²) in [5.41, 5.74) is 0.951. The van der Waals surface area contributed by atoms with Crippen molar-refractivity contribution in [3.63, 3.8) is 0 Å². The minimum absolute atomic E-state index is 0.00577. The average molecular weight is 546 g/mol. The highest BCUT2D eigenvalue weighted by Gasteiger charge is 2.28. The monoisotopic (exact) mass is 545 g/mol. The number of hydrogen-bond donors (Lipinski definition) is 2. The van der Waals surface area contributed by atoms with Crippen LogP contribution in [-0.4, -0.2) is 57.2 Å². The Morgan fingerprint density at radius 1 is 0.946 bits per heavy atom. The second-order valence-electron chi connectivity index (χ2n) is 8.43. The second kappa shape index (κ2) is 10.8. The van der Waals surface area contributed by atoms with Crippen molar-refractivity contribution in [2.45, 2.75) is 36.0 Å². The summed E-state index contributed by atoms with van der Waals surface area (Å²) in [4.78, 5) is 20.9. The predicted octanol–water partition coefficient (Wildman–Crippen LogP) is 3.02. The van der Waals surface area contributed by atoms with Gasteiger partial charge in [-0.05, 0) is 68.3 Å². The molecular weight excluding hydrogens is 518 g/mol. The molecule has 1 aliphatic rings. The van der Waals surface area contributed by atoms with Crippen molar-refractivity contribution in [1.29, 1.82) is 0 Å². The van der Waals surface area contributed by atoms with E-state index in [1.807, 2.05) is 0 Å². The van der Waals surface area contributed by atoms with Gasteiger partial charge in [0.2, 0.25) is 16.0 Å². The number of nitrogens with zero attached hydrogens (tertiary/aromatic N) is 3. The highest BCUT2D eigenvalue weighted by Crippen LogP contribution is 2.27. The van der Waals surface area contributed by atoms with Crippen molar-refractivity contribution in [2.24, 2.45) is 0 Å². The van der Waals surface area contributed by atoms with Gasteiger partial charge in [-0.25, -0.2) is 31.5 Å². The van der Waals surface area contributed by atoms with E-state index in [2.05, 4.69) is 20.0 Å². The Bertz CT molecular complexity index is 1500. The summed E-state index contributed by atoms with van der Waals surface area (Å²) in [5.74, 6) is -0.449. The Hall–Kier alpha value is -3.55. The molecule has 2 aromatic carbocycles. The van der Waals surface area contributed by atoms with E-state index in [1.54, 1.807) is 13.0 Å². The van der Waals surface area contributed by atoms with Crippen LogP contribution < -0.4 is 14.8 Å². The van der Waals surface area contributed by atoms with Crippen molar-refractivity contribution in [1.82, 2.24) is 14.3 Å². The summed E-state index contributed by atoms with van der Waals surface area (Å²) >= 11 is 0. The summed E-state index contributed by atoms with van der Waals surface area (Å²) in [7, 11) is -6.32. The van der Waals surface area contributed by atoms with E-state index in [-0.39, 0.29) is 27.1 Å². The predicted molar refractivity (Wildman–Crippen MR) is 138 cm³/mol. The SMILES string of the molecule is COc1ccc(S(=O)(=O)N2CCCCC2)cc1C(=O)Nc1ccc(S(=O)(=O)Nc2nccc(C)n2)cc1. The number of benzene rings is 2. The number of anilines is 2. The maximum absolute atomic E-state index is 13.1. The molecule has 0 aliphatic carbocycles. The third kappa shape index (κ3) is 6.06. The molecule has 0 bridgehead atoms. The van der Waals surface area contributed by atoms with Gasteiger partial charge in [-0.3, -0.25) is 4.79 Å². The van der Waals surface area contributed by atoms with Crippen LogP contribution in [0.3, 0.4) is 0 Å². The fraction of sp³-hybridized carbons (Fsp3) is 0.292. The van der Waals surface area contributed by atoms with Gasteiger partial charge in [0.05, 0.1) is 22.5 Å². The zero-order valence-electron chi connectivity index (χ0n) is 20.3. The number of carbonyl (C=O) groups is 1. The van der Waals surface area contributed by atoms with Gasteiger partial charge in [-0.1, -0.05) is 6.42 Å². The minimum Gasteiger partial charge on any atom is -0.496 e. The summed E-state index contributed by atoms with van der Waals surface area (Å²) in [6.07, 6.45) is 4.02. The van der Waals surface area contributed by atoms with Gasteiger partial charge < -0.3 is 10.1 Å². The van der Waals surface area contributed by atoms with Crippen molar-refractivity contribution in [3.8, 4) is 5.75 Å². The fourth-order valence-electron chi connectivity index (χ4n) is 3.87. The van der Waals surface area contributed by atoms with Gasteiger partial charge in [0, 0.05) is 30.7 Å². The van der Waals surface area contributed by atoms with Crippen LogP contribution in [0.5, 0.6) is 5.75 Å². The number of nitrogens with one attached hydrogen (secondary N) is 2. The fourth-order valence-corrected chi connectivity index (χ4v) is 6.37. The second-order valence-corrected chi connectivity index (χ2v) is 12.1. The number of sulfonamides is 2. The number of carbonyl (C=O) groups excluding carboxylic acids is 1. The van der Waals surface area contributed by atoms with E-state index in [0.29, 0.717) is 24.5 Å². The van der Waals surface area contributed by atoms with Gasteiger partial charge in [0.1, 0.15) is 5.75 Å². The zero-order chi connectivity index (χ0) is 26.6. The highest BCUT2D eigenvalue weighted by atomic mass is 32.2. The normalized spacial score (nSPS) is 14.6. The van der Waals surface area contributed by atoms with Gasteiger partial charge in [-0.2, -0.15) is 4.31 Å². The van der Waals surface area contributed by atoms with Crippen molar-refractivity contribution < 1.29 is 26.4 Å². The molecule has 0 saturated carbocycles. The lowest BCUT2D eigenvalue weighted by atomic mass is 10.2. The quantitative estimate of drug-likeness (QED) is 0.439. The van der Waals surface area contributed by atoms with Crippen LogP contribution in [0, 0.1) is 6.92 Å². The van der Waals surface area contributed by atoms with E-state index in [9.17, 15) is 21.6 Å². The Morgan fingerprint density at radius 3 is 2.27 bits per heavy atom.